The Labute approximate surface area is 110 Å². The predicted octanol–water partition coefficient (Wildman–Crippen LogP) is -0.00160. The zero-order valence-electron chi connectivity index (χ0n) is 10.4. The summed E-state index contributed by atoms with van der Waals surface area (Å²) in [7, 11) is 0. The maximum absolute atomic E-state index is 12.2. The van der Waals surface area contributed by atoms with Gasteiger partial charge in [-0.1, -0.05) is 30.3 Å². The predicted molar refractivity (Wildman–Crippen MR) is 67.3 cm³/mol. The molecule has 6 heteroatoms. The molecule has 6 nitrogen and oxygen atoms in total. The van der Waals surface area contributed by atoms with Gasteiger partial charge >= 0.3 is 5.97 Å². The molecule has 1 fully saturated rings. The molecule has 0 saturated carbocycles. The first-order valence-electron chi connectivity index (χ1n) is 6.03. The zero-order valence-corrected chi connectivity index (χ0v) is 10.4. The van der Waals surface area contributed by atoms with Gasteiger partial charge in [0, 0.05) is 6.54 Å². The van der Waals surface area contributed by atoms with Crippen LogP contribution in [0.4, 0.5) is 0 Å². The molecule has 0 aromatic heterocycles. The molecule has 2 rings (SSSR count). The molecule has 1 saturated heterocycles. The van der Waals surface area contributed by atoms with Crippen LogP contribution in [0.1, 0.15) is 11.6 Å². The number of morpholine rings is 1. The van der Waals surface area contributed by atoms with Crippen LogP contribution in [0.25, 0.3) is 0 Å². The number of carboxylic acids is 1. The van der Waals surface area contributed by atoms with E-state index in [-0.39, 0.29) is 19.1 Å². The van der Waals surface area contributed by atoms with E-state index in [1.54, 1.807) is 12.1 Å². The minimum atomic E-state index is -1.06. The molecular formula is C13H16N2O4. The third-order valence-electron chi connectivity index (χ3n) is 3.08. The number of rotatable bonds is 3. The summed E-state index contributed by atoms with van der Waals surface area (Å²) in [5.74, 6) is -1.34. The molecule has 0 aliphatic carbocycles. The van der Waals surface area contributed by atoms with Gasteiger partial charge in [-0.3, -0.25) is 4.79 Å². The molecule has 1 aliphatic rings. The third-order valence-corrected chi connectivity index (χ3v) is 3.08. The van der Waals surface area contributed by atoms with Crippen molar-refractivity contribution in [3.05, 3.63) is 35.9 Å². The van der Waals surface area contributed by atoms with Gasteiger partial charge < -0.3 is 20.5 Å². The van der Waals surface area contributed by atoms with Gasteiger partial charge in [-0.2, -0.15) is 0 Å². The fourth-order valence-corrected chi connectivity index (χ4v) is 2.00. The Morgan fingerprint density at radius 1 is 1.37 bits per heavy atom. The highest BCUT2D eigenvalue weighted by Crippen LogP contribution is 2.15. The Morgan fingerprint density at radius 2 is 2.05 bits per heavy atom. The van der Waals surface area contributed by atoms with Crippen LogP contribution in [0.3, 0.4) is 0 Å². The topological polar surface area (TPSA) is 92.9 Å². The molecule has 1 aromatic carbocycles. The summed E-state index contributed by atoms with van der Waals surface area (Å²) in [6.45, 7) is 0.613. The Balaban J connectivity index is 2.05. The number of benzene rings is 1. The minimum absolute atomic E-state index is 0.0364. The van der Waals surface area contributed by atoms with Gasteiger partial charge in [0.2, 0.25) is 5.91 Å². The number of hydrogen-bond acceptors (Lipinski definition) is 4. The maximum atomic E-state index is 12.2. The van der Waals surface area contributed by atoms with E-state index < -0.39 is 18.1 Å². The average molecular weight is 264 g/mol. The van der Waals surface area contributed by atoms with E-state index in [1.165, 1.54) is 4.90 Å². The van der Waals surface area contributed by atoms with E-state index in [9.17, 15) is 9.59 Å². The summed E-state index contributed by atoms with van der Waals surface area (Å²) in [6.07, 6.45) is -0.972. The Hall–Kier alpha value is -1.92. The van der Waals surface area contributed by atoms with Crippen LogP contribution in [0.15, 0.2) is 30.3 Å². The van der Waals surface area contributed by atoms with E-state index in [0.29, 0.717) is 12.1 Å². The van der Waals surface area contributed by atoms with Gasteiger partial charge in [0.05, 0.1) is 13.2 Å². The second kappa shape index (κ2) is 5.81. The molecule has 2 atom stereocenters. The molecule has 1 aliphatic heterocycles. The highest BCUT2D eigenvalue weighted by atomic mass is 16.5. The van der Waals surface area contributed by atoms with Crippen molar-refractivity contribution in [3.63, 3.8) is 0 Å². The summed E-state index contributed by atoms with van der Waals surface area (Å²) in [6, 6.07) is 8.24. The number of aliphatic carboxylic acids is 1. The quantitative estimate of drug-likeness (QED) is 0.801. The van der Waals surface area contributed by atoms with E-state index in [4.69, 9.17) is 15.6 Å². The number of carboxylic acid groups (broad SMARTS) is 1. The van der Waals surface area contributed by atoms with E-state index >= 15 is 0 Å². The standard InChI is InChI=1S/C13H16N2O4/c14-11(9-4-2-1-3-5-9)12(16)15-6-7-19-10(8-15)13(17)18/h1-5,10-11H,6-8,14H2,(H,17,18)/t10?,11-/m0/s1. The van der Waals surface area contributed by atoms with Crippen molar-refractivity contribution in [2.24, 2.45) is 5.73 Å². The molecule has 0 radical (unpaired) electrons. The van der Waals surface area contributed by atoms with Crippen LogP contribution in [0.5, 0.6) is 0 Å². The number of amides is 1. The number of ether oxygens (including phenoxy) is 1. The summed E-state index contributed by atoms with van der Waals surface area (Å²) >= 11 is 0. The monoisotopic (exact) mass is 264 g/mol. The SMILES string of the molecule is N[C@H](C(=O)N1CCOC(C(=O)O)C1)c1ccccc1. The lowest BCUT2D eigenvalue weighted by molar-refractivity contribution is -0.159. The maximum Gasteiger partial charge on any atom is 0.334 e. The van der Waals surface area contributed by atoms with Crippen molar-refractivity contribution in [2.45, 2.75) is 12.1 Å². The Morgan fingerprint density at radius 3 is 2.68 bits per heavy atom. The van der Waals surface area contributed by atoms with E-state index in [2.05, 4.69) is 0 Å². The van der Waals surface area contributed by atoms with Crippen molar-refractivity contribution in [1.29, 1.82) is 0 Å². The summed E-state index contributed by atoms with van der Waals surface area (Å²) in [5, 5.41) is 8.90. The normalized spacial score (nSPS) is 20.9. The van der Waals surface area contributed by atoms with Crippen LogP contribution >= 0.6 is 0 Å². The van der Waals surface area contributed by atoms with Gasteiger partial charge in [-0.05, 0) is 5.56 Å². The highest BCUT2D eigenvalue weighted by Gasteiger charge is 2.31. The molecule has 19 heavy (non-hydrogen) atoms. The van der Waals surface area contributed by atoms with Crippen LogP contribution in [0, 0.1) is 0 Å². The molecule has 1 heterocycles. The second-order valence-corrected chi connectivity index (χ2v) is 4.37. The Bertz CT molecular complexity index is 463. The van der Waals surface area contributed by atoms with Gasteiger partial charge in [0.15, 0.2) is 6.10 Å². The van der Waals surface area contributed by atoms with Crippen molar-refractivity contribution in [1.82, 2.24) is 4.90 Å². The number of nitrogens with zero attached hydrogens (tertiary/aromatic N) is 1. The second-order valence-electron chi connectivity index (χ2n) is 4.37. The smallest absolute Gasteiger partial charge is 0.334 e. The number of carbonyl (C=O) groups is 2. The number of hydrogen-bond donors (Lipinski definition) is 2. The fraction of sp³-hybridized carbons (Fsp3) is 0.385. The van der Waals surface area contributed by atoms with Crippen LogP contribution in [-0.2, 0) is 14.3 Å². The molecule has 1 amide bonds. The van der Waals surface area contributed by atoms with Crippen LogP contribution < -0.4 is 5.73 Å². The van der Waals surface area contributed by atoms with Crippen LogP contribution in [-0.4, -0.2) is 47.7 Å². The van der Waals surface area contributed by atoms with Gasteiger partial charge in [-0.25, -0.2) is 4.79 Å². The lowest BCUT2D eigenvalue weighted by atomic mass is 10.1. The number of nitrogens with two attached hydrogens (primary N) is 1. The van der Waals surface area contributed by atoms with Gasteiger partial charge in [-0.15, -0.1) is 0 Å². The highest BCUT2D eigenvalue weighted by molar-refractivity contribution is 5.84. The molecule has 0 bridgehead atoms. The average Bonchev–Trinajstić information content (AvgIpc) is 2.46. The van der Waals surface area contributed by atoms with Crippen molar-refractivity contribution in [2.75, 3.05) is 19.7 Å². The first-order valence-corrected chi connectivity index (χ1v) is 6.03. The van der Waals surface area contributed by atoms with Gasteiger partial charge in [0.1, 0.15) is 6.04 Å². The third kappa shape index (κ3) is 3.10. The van der Waals surface area contributed by atoms with Crippen molar-refractivity contribution < 1.29 is 19.4 Å². The lowest BCUT2D eigenvalue weighted by Gasteiger charge is -2.32. The minimum Gasteiger partial charge on any atom is -0.479 e. The lowest BCUT2D eigenvalue weighted by Crippen LogP contribution is -2.50. The van der Waals surface area contributed by atoms with Crippen molar-refractivity contribution >= 4 is 11.9 Å². The molecule has 3 N–H and O–H groups in total. The number of carbonyl (C=O) groups excluding carboxylic acids is 1. The molecule has 102 valence electrons. The van der Waals surface area contributed by atoms with Crippen LogP contribution in [0.2, 0.25) is 0 Å². The Kier molecular flexibility index (Phi) is 4.13. The molecular weight excluding hydrogens is 248 g/mol. The van der Waals surface area contributed by atoms with E-state index in [1.807, 2.05) is 18.2 Å². The summed E-state index contributed by atoms with van der Waals surface area (Å²) < 4.78 is 5.07. The zero-order chi connectivity index (χ0) is 13.8. The molecule has 0 spiro atoms. The largest absolute Gasteiger partial charge is 0.479 e. The molecule has 1 aromatic rings. The van der Waals surface area contributed by atoms with Crippen molar-refractivity contribution in [3.8, 4) is 0 Å². The fourth-order valence-electron chi connectivity index (χ4n) is 2.00. The summed E-state index contributed by atoms with van der Waals surface area (Å²) in [4.78, 5) is 24.5. The first-order chi connectivity index (χ1) is 9.09. The first kappa shape index (κ1) is 13.5. The van der Waals surface area contributed by atoms with Gasteiger partial charge in [0.25, 0.3) is 0 Å². The van der Waals surface area contributed by atoms with E-state index in [0.717, 1.165) is 0 Å². The molecule has 1 unspecified atom stereocenters. The summed E-state index contributed by atoms with van der Waals surface area (Å²) in [5.41, 5.74) is 6.63.